The SMILES string of the molecule is CC(=O)n1cc(CC2(C(C)=O)CCCN2C(=O)OC2C3CC4CC(C3)CC2C4)c2ccccc21. The number of ketones is 1. The highest BCUT2D eigenvalue weighted by Gasteiger charge is 2.53. The number of likely N-dealkylation sites (tertiary alicyclic amines) is 1. The maximum Gasteiger partial charge on any atom is 0.410 e. The first-order chi connectivity index (χ1) is 16.4. The third kappa shape index (κ3) is 3.32. The third-order valence-corrected chi connectivity index (χ3v) is 9.36. The first-order valence-electron chi connectivity index (χ1n) is 12.9. The number of benzene rings is 1. The number of para-hydroxylation sites is 1. The normalized spacial score (nSPS) is 34.1. The molecule has 1 unspecified atom stereocenters. The standard InChI is InChI=1S/C28H34N2O4/c1-17(31)28(15-23-16-29(18(2)32)25-7-4-3-6-24(23)25)8-5-9-30(28)27(33)34-26-21-11-19-10-20(13-21)14-22(26)12-19/h3-4,6-7,16,19-22,26H,5,8-15H2,1-2H3. The maximum absolute atomic E-state index is 13.6. The predicted octanol–water partition coefficient (Wildman–Crippen LogP) is 5.23. The van der Waals surface area contributed by atoms with Crippen molar-refractivity contribution in [2.75, 3.05) is 6.54 Å². The van der Waals surface area contributed by atoms with Gasteiger partial charge in [0.25, 0.3) is 0 Å². The molecule has 0 spiro atoms. The molecule has 1 aromatic heterocycles. The van der Waals surface area contributed by atoms with Gasteiger partial charge in [-0.15, -0.1) is 0 Å². The fourth-order valence-electron chi connectivity index (χ4n) is 8.03. The fraction of sp³-hybridized carbons (Fsp3) is 0.607. The molecular formula is C28H34N2O4. The number of hydrogen-bond acceptors (Lipinski definition) is 4. The zero-order chi connectivity index (χ0) is 23.6. The molecular weight excluding hydrogens is 428 g/mol. The van der Waals surface area contributed by atoms with Crippen LogP contribution in [0.1, 0.15) is 69.2 Å². The lowest BCUT2D eigenvalue weighted by Gasteiger charge is -2.53. The third-order valence-electron chi connectivity index (χ3n) is 9.36. The summed E-state index contributed by atoms with van der Waals surface area (Å²) in [5, 5.41) is 0.958. The molecule has 1 aromatic carbocycles. The van der Waals surface area contributed by atoms with Crippen LogP contribution in [0.25, 0.3) is 10.9 Å². The number of rotatable bonds is 4. The summed E-state index contributed by atoms with van der Waals surface area (Å²) in [6.07, 6.45) is 9.45. The van der Waals surface area contributed by atoms with Gasteiger partial charge in [0.1, 0.15) is 11.6 Å². The average molecular weight is 463 g/mol. The smallest absolute Gasteiger partial charge is 0.410 e. The Balaban J connectivity index is 1.29. The van der Waals surface area contributed by atoms with Gasteiger partial charge in [0.2, 0.25) is 5.91 Å². The van der Waals surface area contributed by atoms with Crippen molar-refractivity contribution in [2.24, 2.45) is 23.7 Å². The van der Waals surface area contributed by atoms with E-state index in [0.29, 0.717) is 31.2 Å². The van der Waals surface area contributed by atoms with Crippen molar-refractivity contribution in [3.05, 3.63) is 36.0 Å². The van der Waals surface area contributed by atoms with Gasteiger partial charge in [-0.25, -0.2) is 4.79 Å². The van der Waals surface area contributed by atoms with Crippen molar-refractivity contribution >= 4 is 28.7 Å². The van der Waals surface area contributed by atoms with Crippen molar-refractivity contribution in [2.45, 2.75) is 76.9 Å². The zero-order valence-corrected chi connectivity index (χ0v) is 20.2. The van der Waals surface area contributed by atoms with Crippen LogP contribution in [0, 0.1) is 23.7 Å². The van der Waals surface area contributed by atoms with Crippen LogP contribution < -0.4 is 0 Å². The Morgan fingerprint density at radius 1 is 1.00 bits per heavy atom. The number of nitrogens with zero attached hydrogens (tertiary/aromatic N) is 2. The second-order valence-corrected chi connectivity index (χ2v) is 11.4. The maximum atomic E-state index is 13.6. The van der Waals surface area contributed by atoms with Crippen LogP contribution in [0.5, 0.6) is 0 Å². The van der Waals surface area contributed by atoms with Gasteiger partial charge < -0.3 is 4.74 Å². The number of Topliss-reactive ketones (excluding diaryl/α,β-unsaturated/α-hetero) is 1. The minimum absolute atomic E-state index is 0.00480. The van der Waals surface area contributed by atoms with Crippen molar-refractivity contribution in [3.8, 4) is 0 Å². The minimum atomic E-state index is -0.922. The van der Waals surface area contributed by atoms with Crippen LogP contribution in [-0.4, -0.2) is 45.4 Å². The summed E-state index contributed by atoms with van der Waals surface area (Å²) in [5.74, 6) is 2.54. The molecule has 5 fully saturated rings. The van der Waals surface area contributed by atoms with Crippen LogP contribution in [0.2, 0.25) is 0 Å². The van der Waals surface area contributed by atoms with Gasteiger partial charge in [-0.1, -0.05) is 18.2 Å². The van der Waals surface area contributed by atoms with Gasteiger partial charge in [0, 0.05) is 31.5 Å². The molecule has 34 heavy (non-hydrogen) atoms. The molecule has 6 nitrogen and oxygen atoms in total. The van der Waals surface area contributed by atoms with Crippen molar-refractivity contribution in [1.29, 1.82) is 0 Å². The highest BCUT2D eigenvalue weighted by molar-refractivity contribution is 5.95. The number of carbonyl (C=O) groups excluding carboxylic acids is 3. The molecule has 4 aliphatic carbocycles. The summed E-state index contributed by atoms with van der Waals surface area (Å²) >= 11 is 0. The van der Waals surface area contributed by atoms with Gasteiger partial charge in [0.05, 0.1) is 5.52 Å². The first kappa shape index (κ1) is 21.9. The summed E-state index contributed by atoms with van der Waals surface area (Å²) in [7, 11) is 0. The lowest BCUT2D eigenvalue weighted by atomic mass is 9.55. The van der Waals surface area contributed by atoms with Gasteiger partial charge in [-0.05, 0) is 87.2 Å². The van der Waals surface area contributed by atoms with Gasteiger partial charge in [0.15, 0.2) is 5.78 Å². The molecule has 1 amide bonds. The van der Waals surface area contributed by atoms with Gasteiger partial charge in [-0.2, -0.15) is 0 Å². The molecule has 4 bridgehead atoms. The van der Waals surface area contributed by atoms with E-state index in [1.807, 2.05) is 30.5 Å². The Labute approximate surface area is 200 Å². The number of hydrogen-bond donors (Lipinski definition) is 0. The summed E-state index contributed by atoms with van der Waals surface area (Å²) in [6.45, 7) is 3.68. The van der Waals surface area contributed by atoms with Crippen LogP contribution in [0.3, 0.4) is 0 Å². The second-order valence-electron chi connectivity index (χ2n) is 11.4. The van der Waals surface area contributed by atoms with Crippen molar-refractivity contribution in [1.82, 2.24) is 9.47 Å². The van der Waals surface area contributed by atoms with Crippen molar-refractivity contribution < 1.29 is 19.1 Å². The lowest BCUT2D eigenvalue weighted by molar-refractivity contribution is -0.130. The Bertz CT molecular complexity index is 1140. The number of aromatic nitrogens is 1. The topological polar surface area (TPSA) is 68.6 Å². The van der Waals surface area contributed by atoms with Crippen LogP contribution in [0.4, 0.5) is 4.79 Å². The molecule has 1 saturated heterocycles. The lowest BCUT2D eigenvalue weighted by Crippen LogP contribution is -2.56. The number of carbonyl (C=O) groups is 3. The molecule has 5 aliphatic rings. The monoisotopic (exact) mass is 462 g/mol. The van der Waals surface area contributed by atoms with E-state index < -0.39 is 5.54 Å². The number of ether oxygens (including phenoxy) is 1. The molecule has 4 saturated carbocycles. The van der Waals surface area contributed by atoms with Crippen LogP contribution >= 0.6 is 0 Å². The van der Waals surface area contributed by atoms with E-state index in [-0.39, 0.29) is 23.9 Å². The Morgan fingerprint density at radius 2 is 1.68 bits per heavy atom. The molecule has 1 atom stereocenters. The van der Waals surface area contributed by atoms with E-state index in [1.54, 1.807) is 23.3 Å². The van der Waals surface area contributed by atoms with E-state index in [9.17, 15) is 14.4 Å². The van der Waals surface area contributed by atoms with Gasteiger partial charge >= 0.3 is 6.09 Å². The largest absolute Gasteiger partial charge is 0.445 e. The van der Waals surface area contributed by atoms with E-state index in [4.69, 9.17) is 4.74 Å². The minimum Gasteiger partial charge on any atom is -0.445 e. The zero-order valence-electron chi connectivity index (χ0n) is 20.2. The molecule has 7 rings (SSSR count). The molecule has 1 aliphatic heterocycles. The predicted molar refractivity (Wildman–Crippen MR) is 129 cm³/mol. The second kappa shape index (κ2) is 7.96. The summed E-state index contributed by atoms with van der Waals surface area (Å²) < 4.78 is 7.90. The Morgan fingerprint density at radius 3 is 2.32 bits per heavy atom. The van der Waals surface area contributed by atoms with E-state index in [2.05, 4.69) is 0 Å². The van der Waals surface area contributed by atoms with Crippen LogP contribution in [0.15, 0.2) is 30.5 Å². The molecule has 0 N–H and O–H groups in total. The number of amides is 1. The summed E-state index contributed by atoms with van der Waals surface area (Å²) in [6, 6.07) is 7.78. The van der Waals surface area contributed by atoms with E-state index in [0.717, 1.165) is 34.7 Å². The molecule has 0 radical (unpaired) electrons. The number of fused-ring (bicyclic) bond motifs is 1. The average Bonchev–Trinajstić information content (AvgIpc) is 3.39. The summed E-state index contributed by atoms with van der Waals surface area (Å²) in [4.78, 5) is 40.8. The highest BCUT2D eigenvalue weighted by Crippen LogP contribution is 2.55. The van der Waals surface area contributed by atoms with Gasteiger partial charge in [-0.3, -0.25) is 19.1 Å². The summed E-state index contributed by atoms with van der Waals surface area (Å²) in [5.41, 5.74) is 0.842. The molecule has 2 aromatic rings. The van der Waals surface area contributed by atoms with Crippen LogP contribution in [-0.2, 0) is 16.0 Å². The van der Waals surface area contributed by atoms with Crippen molar-refractivity contribution in [3.63, 3.8) is 0 Å². The quantitative estimate of drug-likeness (QED) is 0.624. The molecule has 6 heteroatoms. The molecule has 2 heterocycles. The van der Waals surface area contributed by atoms with E-state index >= 15 is 0 Å². The Kier molecular flexibility index (Phi) is 5.12. The fourth-order valence-corrected chi connectivity index (χ4v) is 8.03. The van der Waals surface area contributed by atoms with E-state index in [1.165, 1.54) is 32.1 Å². The first-order valence-corrected chi connectivity index (χ1v) is 12.9. The Hall–Kier alpha value is -2.63. The highest BCUT2D eigenvalue weighted by atomic mass is 16.6. The molecule has 180 valence electrons.